The lowest BCUT2D eigenvalue weighted by molar-refractivity contribution is -0.116. The molecular weight excluding hydrogens is 194 g/mol. The van der Waals surface area contributed by atoms with Gasteiger partial charge in [-0.1, -0.05) is 18.2 Å². The van der Waals surface area contributed by atoms with Gasteiger partial charge in [-0.2, -0.15) is 11.8 Å². The van der Waals surface area contributed by atoms with E-state index in [-0.39, 0.29) is 11.2 Å². The first-order valence-corrected chi connectivity index (χ1v) is 6.01. The molecule has 0 aliphatic carbocycles. The number of nitrogens with zero attached hydrogens (tertiary/aromatic N) is 1. The number of para-hydroxylation sites is 1. The molecule has 1 atom stereocenters. The number of thioether (sulfide) groups is 1. The Morgan fingerprint density at radius 1 is 1.36 bits per heavy atom. The Labute approximate surface area is 88.3 Å². The van der Waals surface area contributed by atoms with Crippen LogP contribution in [-0.2, 0) is 4.79 Å². The standard InChI is InChI=1S/C11H13NOS/c1-14-10-7-8-12(11(10)13)9-5-3-2-4-6-9/h2-6,10H,7-8H2,1H3. The molecule has 1 saturated heterocycles. The zero-order valence-corrected chi connectivity index (χ0v) is 8.96. The summed E-state index contributed by atoms with van der Waals surface area (Å²) in [4.78, 5) is 13.7. The summed E-state index contributed by atoms with van der Waals surface area (Å²) in [5.74, 6) is 0.253. The molecule has 0 aromatic heterocycles. The summed E-state index contributed by atoms with van der Waals surface area (Å²) < 4.78 is 0. The van der Waals surface area contributed by atoms with Crippen LogP contribution < -0.4 is 4.90 Å². The number of hydrogen-bond donors (Lipinski definition) is 0. The molecule has 0 N–H and O–H groups in total. The zero-order chi connectivity index (χ0) is 9.97. The third-order valence-corrected chi connectivity index (χ3v) is 3.52. The van der Waals surface area contributed by atoms with Crippen LogP contribution >= 0.6 is 11.8 Å². The van der Waals surface area contributed by atoms with Crippen LogP contribution in [0.25, 0.3) is 0 Å². The molecule has 1 aliphatic heterocycles. The van der Waals surface area contributed by atoms with E-state index < -0.39 is 0 Å². The summed E-state index contributed by atoms with van der Waals surface area (Å²) in [5.41, 5.74) is 1.02. The van der Waals surface area contributed by atoms with E-state index in [0.717, 1.165) is 18.7 Å². The Morgan fingerprint density at radius 2 is 2.07 bits per heavy atom. The molecule has 0 saturated carbocycles. The average Bonchev–Trinajstić information content (AvgIpc) is 2.61. The van der Waals surface area contributed by atoms with Crippen LogP contribution in [0.4, 0.5) is 5.69 Å². The molecule has 1 heterocycles. The van der Waals surface area contributed by atoms with Crippen molar-refractivity contribution >= 4 is 23.4 Å². The SMILES string of the molecule is CSC1CCN(c2ccccc2)C1=O. The van der Waals surface area contributed by atoms with E-state index in [1.54, 1.807) is 11.8 Å². The Kier molecular flexibility index (Phi) is 2.77. The Balaban J connectivity index is 2.18. The van der Waals surface area contributed by atoms with Crippen LogP contribution in [0, 0.1) is 0 Å². The quantitative estimate of drug-likeness (QED) is 0.740. The van der Waals surface area contributed by atoms with E-state index in [0.29, 0.717) is 0 Å². The highest BCUT2D eigenvalue weighted by Gasteiger charge is 2.31. The highest BCUT2D eigenvalue weighted by atomic mass is 32.2. The lowest BCUT2D eigenvalue weighted by atomic mass is 10.3. The van der Waals surface area contributed by atoms with Crippen LogP contribution in [0.1, 0.15) is 6.42 Å². The number of hydrogen-bond acceptors (Lipinski definition) is 2. The van der Waals surface area contributed by atoms with Crippen molar-refractivity contribution in [3.8, 4) is 0 Å². The van der Waals surface area contributed by atoms with Crippen LogP contribution in [0.15, 0.2) is 30.3 Å². The summed E-state index contributed by atoms with van der Waals surface area (Å²) in [6, 6.07) is 9.88. The van der Waals surface area contributed by atoms with Crippen molar-refractivity contribution in [1.29, 1.82) is 0 Å². The fourth-order valence-corrected chi connectivity index (χ4v) is 2.41. The number of carbonyl (C=O) groups excluding carboxylic acids is 1. The monoisotopic (exact) mass is 207 g/mol. The third kappa shape index (κ3) is 1.64. The third-order valence-electron chi connectivity index (χ3n) is 2.51. The second-order valence-corrected chi connectivity index (χ2v) is 4.38. The summed E-state index contributed by atoms with van der Waals surface area (Å²) in [6.45, 7) is 0.856. The van der Waals surface area contributed by atoms with Gasteiger partial charge in [0.1, 0.15) is 0 Å². The van der Waals surface area contributed by atoms with Crippen molar-refractivity contribution in [3.05, 3.63) is 30.3 Å². The van der Waals surface area contributed by atoms with Crippen LogP contribution in [0.5, 0.6) is 0 Å². The number of amides is 1. The van der Waals surface area contributed by atoms with E-state index in [4.69, 9.17) is 0 Å². The number of rotatable bonds is 2. The molecule has 2 nitrogen and oxygen atoms in total. The van der Waals surface area contributed by atoms with Crippen LogP contribution in [0.2, 0.25) is 0 Å². The van der Waals surface area contributed by atoms with Crippen molar-refractivity contribution in [2.24, 2.45) is 0 Å². The molecule has 1 fully saturated rings. The van der Waals surface area contributed by atoms with Gasteiger partial charge in [-0.15, -0.1) is 0 Å². The minimum Gasteiger partial charge on any atom is -0.311 e. The van der Waals surface area contributed by atoms with Gasteiger partial charge in [0.25, 0.3) is 0 Å². The van der Waals surface area contributed by atoms with Crippen molar-refractivity contribution in [2.75, 3.05) is 17.7 Å². The molecule has 74 valence electrons. The predicted octanol–water partition coefficient (Wildman–Crippen LogP) is 2.15. The van der Waals surface area contributed by atoms with Gasteiger partial charge in [0.15, 0.2) is 0 Å². The maximum atomic E-state index is 11.8. The Bertz CT molecular complexity index is 325. The van der Waals surface area contributed by atoms with E-state index in [1.165, 1.54) is 0 Å². The van der Waals surface area contributed by atoms with Gasteiger partial charge in [0, 0.05) is 12.2 Å². The molecule has 1 aromatic rings. The fourth-order valence-electron chi connectivity index (χ4n) is 1.74. The largest absolute Gasteiger partial charge is 0.311 e. The molecule has 1 aromatic carbocycles. The number of anilines is 1. The second-order valence-electron chi connectivity index (χ2n) is 3.34. The molecule has 14 heavy (non-hydrogen) atoms. The topological polar surface area (TPSA) is 20.3 Å². The van der Waals surface area contributed by atoms with Gasteiger partial charge >= 0.3 is 0 Å². The van der Waals surface area contributed by atoms with Gasteiger partial charge in [-0.25, -0.2) is 0 Å². The molecule has 0 radical (unpaired) electrons. The minimum absolute atomic E-state index is 0.162. The van der Waals surface area contributed by atoms with E-state index in [1.807, 2.05) is 41.5 Å². The maximum Gasteiger partial charge on any atom is 0.240 e. The molecule has 0 spiro atoms. The lowest BCUT2D eigenvalue weighted by Crippen LogP contribution is -2.27. The lowest BCUT2D eigenvalue weighted by Gasteiger charge is -2.15. The average molecular weight is 207 g/mol. The van der Waals surface area contributed by atoms with Crippen molar-refractivity contribution in [1.82, 2.24) is 0 Å². The molecule has 3 heteroatoms. The number of benzene rings is 1. The van der Waals surface area contributed by atoms with Gasteiger partial charge in [-0.05, 0) is 24.8 Å². The fraction of sp³-hybridized carbons (Fsp3) is 0.364. The maximum absolute atomic E-state index is 11.8. The van der Waals surface area contributed by atoms with Crippen LogP contribution in [-0.4, -0.2) is 24.0 Å². The molecule has 1 unspecified atom stereocenters. The highest BCUT2D eigenvalue weighted by Crippen LogP contribution is 2.26. The second kappa shape index (κ2) is 4.05. The molecule has 1 aliphatic rings. The van der Waals surface area contributed by atoms with Crippen LogP contribution in [0.3, 0.4) is 0 Å². The van der Waals surface area contributed by atoms with Crippen molar-refractivity contribution < 1.29 is 4.79 Å². The summed E-state index contributed by atoms with van der Waals surface area (Å²) in [7, 11) is 0. The summed E-state index contributed by atoms with van der Waals surface area (Å²) in [5, 5.41) is 0.162. The Hall–Kier alpha value is -0.960. The molecular formula is C11H13NOS. The first-order valence-electron chi connectivity index (χ1n) is 4.72. The summed E-state index contributed by atoms with van der Waals surface area (Å²) in [6.07, 6.45) is 2.96. The van der Waals surface area contributed by atoms with Gasteiger partial charge in [0.05, 0.1) is 5.25 Å². The molecule has 1 amide bonds. The highest BCUT2D eigenvalue weighted by molar-refractivity contribution is 8.00. The van der Waals surface area contributed by atoms with E-state index in [2.05, 4.69) is 0 Å². The van der Waals surface area contributed by atoms with E-state index >= 15 is 0 Å². The molecule has 0 bridgehead atoms. The predicted molar refractivity (Wildman–Crippen MR) is 60.7 cm³/mol. The van der Waals surface area contributed by atoms with Gasteiger partial charge < -0.3 is 4.90 Å². The zero-order valence-electron chi connectivity index (χ0n) is 8.14. The van der Waals surface area contributed by atoms with Crippen molar-refractivity contribution in [2.45, 2.75) is 11.7 Å². The minimum atomic E-state index is 0.162. The van der Waals surface area contributed by atoms with Gasteiger partial charge in [0.2, 0.25) is 5.91 Å². The summed E-state index contributed by atoms with van der Waals surface area (Å²) >= 11 is 1.65. The molecule has 2 rings (SSSR count). The number of carbonyl (C=O) groups is 1. The van der Waals surface area contributed by atoms with Gasteiger partial charge in [-0.3, -0.25) is 4.79 Å². The Morgan fingerprint density at radius 3 is 2.64 bits per heavy atom. The van der Waals surface area contributed by atoms with E-state index in [9.17, 15) is 4.79 Å². The van der Waals surface area contributed by atoms with Crippen molar-refractivity contribution in [3.63, 3.8) is 0 Å². The first-order chi connectivity index (χ1) is 6.83. The smallest absolute Gasteiger partial charge is 0.240 e. The first kappa shape index (κ1) is 9.59. The normalized spacial score (nSPS) is 21.6.